The molecule has 0 fully saturated rings. The van der Waals surface area contributed by atoms with E-state index in [0.29, 0.717) is 6.61 Å². The van der Waals surface area contributed by atoms with Gasteiger partial charge < -0.3 is 18.1 Å². The summed E-state index contributed by atoms with van der Waals surface area (Å²) in [4.78, 5) is 0. The average molecular weight is 433 g/mol. The molecule has 0 aromatic rings. The molecule has 5 heteroatoms. The standard InChI is InChI=1S/C24H51NO3P/c1-6-7-8-9-10-11-12-13-14-15-16-17-18-19-20-21-23-27-29(26-5)28-24-22-25(2,3)4/h13-14H,6-12,15-24H2,1-5H3/q+1/b14-13-. The second-order valence-electron chi connectivity index (χ2n) is 9.02. The predicted molar refractivity (Wildman–Crippen MR) is 128 cm³/mol. The normalized spacial score (nSPS) is 13.4. The summed E-state index contributed by atoms with van der Waals surface area (Å²) in [5.74, 6) is 0. The van der Waals surface area contributed by atoms with E-state index in [9.17, 15) is 0 Å². The van der Waals surface area contributed by atoms with Crippen LogP contribution < -0.4 is 0 Å². The van der Waals surface area contributed by atoms with Gasteiger partial charge >= 0.3 is 8.60 Å². The molecule has 0 aliphatic heterocycles. The number of rotatable bonds is 22. The molecular formula is C24H51NO3P+. The van der Waals surface area contributed by atoms with Crippen molar-refractivity contribution < 1.29 is 18.1 Å². The van der Waals surface area contributed by atoms with Crippen LogP contribution in [-0.4, -0.2) is 52.5 Å². The SMILES string of the molecule is CCCCCCCC/C=C\CCCCCCCCOP(OC)OCC[N+](C)(C)C. The van der Waals surface area contributed by atoms with Gasteiger partial charge in [-0.05, 0) is 32.1 Å². The molecule has 4 nitrogen and oxygen atoms in total. The first kappa shape index (κ1) is 29.0. The molecule has 0 aliphatic carbocycles. The van der Waals surface area contributed by atoms with Gasteiger partial charge in [0, 0.05) is 7.11 Å². The first-order valence-electron chi connectivity index (χ1n) is 12.0. The van der Waals surface area contributed by atoms with Crippen molar-refractivity contribution >= 4 is 8.60 Å². The van der Waals surface area contributed by atoms with E-state index in [0.717, 1.165) is 24.1 Å². The van der Waals surface area contributed by atoms with Crippen LogP contribution in [0.4, 0.5) is 0 Å². The van der Waals surface area contributed by atoms with Gasteiger partial charge in [0.2, 0.25) is 0 Å². The van der Waals surface area contributed by atoms with Gasteiger partial charge in [0.15, 0.2) is 0 Å². The zero-order valence-electron chi connectivity index (χ0n) is 20.3. The summed E-state index contributed by atoms with van der Waals surface area (Å²) in [6.45, 7) is 4.65. The Labute approximate surface area is 184 Å². The highest BCUT2D eigenvalue weighted by molar-refractivity contribution is 7.41. The number of quaternary nitrogens is 1. The van der Waals surface area contributed by atoms with Crippen molar-refractivity contribution in [2.45, 2.75) is 96.8 Å². The summed E-state index contributed by atoms with van der Waals surface area (Å²) in [6, 6.07) is 0. The van der Waals surface area contributed by atoms with Crippen molar-refractivity contribution in [2.24, 2.45) is 0 Å². The van der Waals surface area contributed by atoms with Crippen molar-refractivity contribution in [1.82, 2.24) is 0 Å². The Kier molecular flexibility index (Phi) is 21.3. The van der Waals surface area contributed by atoms with E-state index in [4.69, 9.17) is 13.6 Å². The fraction of sp³-hybridized carbons (Fsp3) is 0.917. The number of likely N-dealkylation sites (N-methyl/N-ethyl adjacent to an activating group) is 1. The summed E-state index contributed by atoms with van der Waals surface area (Å²) >= 11 is 0. The molecule has 0 aliphatic rings. The quantitative estimate of drug-likeness (QED) is 0.0761. The van der Waals surface area contributed by atoms with E-state index >= 15 is 0 Å². The highest BCUT2D eigenvalue weighted by Gasteiger charge is 2.13. The Morgan fingerprint density at radius 3 is 1.66 bits per heavy atom. The van der Waals surface area contributed by atoms with Crippen LogP contribution in [0.1, 0.15) is 96.8 Å². The van der Waals surface area contributed by atoms with Crippen LogP contribution in [0.5, 0.6) is 0 Å². The van der Waals surface area contributed by atoms with E-state index in [1.165, 1.54) is 83.5 Å². The maximum atomic E-state index is 5.73. The summed E-state index contributed by atoms with van der Waals surface area (Å²) in [6.07, 6.45) is 23.3. The highest BCUT2D eigenvalue weighted by atomic mass is 31.2. The third-order valence-electron chi connectivity index (χ3n) is 4.96. The number of hydrogen-bond acceptors (Lipinski definition) is 3. The Bertz CT molecular complexity index is 359. The molecule has 0 heterocycles. The molecule has 0 N–H and O–H groups in total. The summed E-state index contributed by atoms with van der Waals surface area (Å²) in [7, 11) is 6.97. The molecule has 0 aromatic heterocycles. The van der Waals surface area contributed by atoms with E-state index in [2.05, 4.69) is 40.2 Å². The molecule has 0 bridgehead atoms. The molecule has 1 unspecified atom stereocenters. The van der Waals surface area contributed by atoms with Gasteiger partial charge in [-0.25, -0.2) is 0 Å². The minimum Gasteiger partial charge on any atom is -0.329 e. The third-order valence-corrected chi connectivity index (χ3v) is 6.05. The zero-order valence-corrected chi connectivity index (χ0v) is 21.2. The van der Waals surface area contributed by atoms with Crippen molar-refractivity contribution in [3.05, 3.63) is 12.2 Å². The van der Waals surface area contributed by atoms with E-state index in [-0.39, 0.29) is 0 Å². The average Bonchev–Trinajstić information content (AvgIpc) is 2.68. The Morgan fingerprint density at radius 1 is 0.655 bits per heavy atom. The number of hydrogen-bond donors (Lipinski definition) is 0. The lowest BCUT2D eigenvalue weighted by Crippen LogP contribution is -2.37. The van der Waals surface area contributed by atoms with Crippen LogP contribution in [-0.2, 0) is 13.6 Å². The molecular weight excluding hydrogens is 381 g/mol. The second kappa shape index (κ2) is 21.2. The molecule has 174 valence electrons. The molecule has 0 radical (unpaired) electrons. The fourth-order valence-corrected chi connectivity index (χ4v) is 3.81. The summed E-state index contributed by atoms with van der Waals surface area (Å²) in [5.41, 5.74) is 0. The first-order valence-corrected chi connectivity index (χ1v) is 13.1. The molecule has 0 aromatic carbocycles. The third kappa shape index (κ3) is 24.2. The zero-order chi connectivity index (χ0) is 21.6. The minimum atomic E-state index is -1.17. The topological polar surface area (TPSA) is 27.7 Å². The van der Waals surface area contributed by atoms with Gasteiger partial charge in [-0.1, -0.05) is 76.9 Å². The van der Waals surface area contributed by atoms with Crippen LogP contribution >= 0.6 is 8.60 Å². The minimum absolute atomic E-state index is 0.677. The lowest BCUT2D eigenvalue weighted by Gasteiger charge is -2.24. The van der Waals surface area contributed by atoms with Gasteiger partial charge in [-0.3, -0.25) is 0 Å². The number of allylic oxidation sites excluding steroid dienone is 2. The lowest BCUT2D eigenvalue weighted by atomic mass is 10.1. The molecule has 0 saturated carbocycles. The van der Waals surface area contributed by atoms with E-state index in [1.54, 1.807) is 7.11 Å². The lowest BCUT2D eigenvalue weighted by molar-refractivity contribution is -0.870. The Morgan fingerprint density at radius 2 is 1.14 bits per heavy atom. The number of unbranched alkanes of at least 4 members (excludes halogenated alkanes) is 12. The monoisotopic (exact) mass is 432 g/mol. The predicted octanol–water partition coefficient (Wildman–Crippen LogP) is 7.64. The van der Waals surface area contributed by atoms with Crippen molar-refractivity contribution in [2.75, 3.05) is 48.0 Å². The van der Waals surface area contributed by atoms with Gasteiger partial charge in [0.25, 0.3) is 0 Å². The summed E-state index contributed by atoms with van der Waals surface area (Å²) in [5, 5.41) is 0. The maximum absolute atomic E-state index is 5.73. The molecule has 0 saturated heterocycles. The van der Waals surface area contributed by atoms with Gasteiger partial charge in [-0.15, -0.1) is 0 Å². The van der Waals surface area contributed by atoms with Crippen molar-refractivity contribution in [3.8, 4) is 0 Å². The van der Waals surface area contributed by atoms with Gasteiger partial charge in [0.1, 0.15) is 13.2 Å². The molecule has 0 rings (SSSR count). The van der Waals surface area contributed by atoms with Crippen LogP contribution in [0.15, 0.2) is 12.2 Å². The smallest absolute Gasteiger partial charge is 0.329 e. The molecule has 0 spiro atoms. The van der Waals surface area contributed by atoms with Crippen molar-refractivity contribution in [1.29, 1.82) is 0 Å². The van der Waals surface area contributed by atoms with Crippen molar-refractivity contribution in [3.63, 3.8) is 0 Å². The first-order chi connectivity index (χ1) is 14.0. The van der Waals surface area contributed by atoms with Crippen LogP contribution in [0.25, 0.3) is 0 Å². The van der Waals surface area contributed by atoms with Crippen LogP contribution in [0.3, 0.4) is 0 Å². The summed E-state index contributed by atoms with van der Waals surface area (Å²) < 4.78 is 17.6. The van der Waals surface area contributed by atoms with Gasteiger partial charge in [0.05, 0.1) is 27.7 Å². The second-order valence-corrected chi connectivity index (χ2v) is 10.4. The van der Waals surface area contributed by atoms with Crippen LogP contribution in [0, 0.1) is 0 Å². The highest BCUT2D eigenvalue weighted by Crippen LogP contribution is 2.38. The number of nitrogens with zero attached hydrogens (tertiary/aromatic N) is 1. The molecule has 1 atom stereocenters. The van der Waals surface area contributed by atoms with E-state index < -0.39 is 8.60 Å². The Hall–Kier alpha value is 0.0100. The van der Waals surface area contributed by atoms with E-state index in [1.807, 2.05) is 0 Å². The maximum Gasteiger partial charge on any atom is 0.332 e. The molecule has 29 heavy (non-hydrogen) atoms. The van der Waals surface area contributed by atoms with Gasteiger partial charge in [-0.2, -0.15) is 0 Å². The van der Waals surface area contributed by atoms with Crippen LogP contribution in [0.2, 0.25) is 0 Å². The Balaban J connectivity index is 3.32. The largest absolute Gasteiger partial charge is 0.332 e. The fourth-order valence-electron chi connectivity index (χ4n) is 3.02. The molecule has 0 amide bonds.